The summed E-state index contributed by atoms with van der Waals surface area (Å²) >= 11 is 3.43. The zero-order valence-electron chi connectivity index (χ0n) is 14.1. The third-order valence-corrected chi connectivity index (χ3v) is 4.83. The first-order valence-electron chi connectivity index (χ1n) is 8.16. The highest BCUT2D eigenvalue weighted by Gasteiger charge is 2.14. The molecule has 26 heavy (non-hydrogen) atoms. The van der Waals surface area contributed by atoms with Gasteiger partial charge in [0.05, 0.1) is 4.47 Å². The van der Waals surface area contributed by atoms with Gasteiger partial charge in [-0.1, -0.05) is 24.3 Å². The molecule has 6 heteroatoms. The van der Waals surface area contributed by atoms with E-state index in [1.54, 1.807) is 12.3 Å². The van der Waals surface area contributed by atoms with Crippen LogP contribution in [0.5, 0.6) is 0 Å². The molecule has 0 fully saturated rings. The molecule has 0 saturated heterocycles. The number of imidazole rings is 1. The summed E-state index contributed by atoms with van der Waals surface area (Å²) in [6.07, 6.45) is 3.74. The van der Waals surface area contributed by atoms with Gasteiger partial charge in [-0.25, -0.2) is 4.98 Å². The van der Waals surface area contributed by atoms with Crippen LogP contribution >= 0.6 is 15.9 Å². The zero-order chi connectivity index (χ0) is 18.1. The highest BCUT2D eigenvalue weighted by molar-refractivity contribution is 9.10. The molecule has 0 bridgehead atoms. The maximum Gasteiger partial charge on any atom is 0.291 e. The number of amides is 1. The lowest BCUT2D eigenvalue weighted by atomic mass is 10.2. The molecule has 0 aliphatic rings. The second kappa shape index (κ2) is 6.80. The SMILES string of the molecule is Cc1nccn1Cc1ccc(NC(=O)c2cc3cccc(Br)c3o2)cc1. The van der Waals surface area contributed by atoms with Gasteiger partial charge >= 0.3 is 0 Å². The fraction of sp³-hybridized carbons (Fsp3) is 0.100. The molecule has 5 nitrogen and oxygen atoms in total. The van der Waals surface area contributed by atoms with Crippen molar-refractivity contribution in [1.82, 2.24) is 9.55 Å². The van der Waals surface area contributed by atoms with Crippen molar-refractivity contribution in [3.8, 4) is 0 Å². The Morgan fingerprint density at radius 2 is 2.04 bits per heavy atom. The van der Waals surface area contributed by atoms with E-state index in [1.807, 2.05) is 55.6 Å². The van der Waals surface area contributed by atoms with E-state index in [0.29, 0.717) is 5.58 Å². The van der Waals surface area contributed by atoms with Crippen molar-refractivity contribution < 1.29 is 9.21 Å². The zero-order valence-corrected chi connectivity index (χ0v) is 15.7. The summed E-state index contributed by atoms with van der Waals surface area (Å²) in [5, 5.41) is 3.75. The first-order chi connectivity index (χ1) is 12.6. The number of anilines is 1. The summed E-state index contributed by atoms with van der Waals surface area (Å²) in [5.74, 6) is 0.981. The molecule has 1 amide bonds. The van der Waals surface area contributed by atoms with Gasteiger partial charge in [-0.2, -0.15) is 0 Å². The molecular formula is C20H16BrN3O2. The van der Waals surface area contributed by atoms with Crippen LogP contribution in [-0.2, 0) is 6.54 Å². The number of carbonyl (C=O) groups excluding carboxylic acids is 1. The molecule has 0 unspecified atom stereocenters. The second-order valence-corrected chi connectivity index (χ2v) is 6.88. The lowest BCUT2D eigenvalue weighted by molar-refractivity contribution is 0.0998. The van der Waals surface area contributed by atoms with Gasteiger partial charge in [0.15, 0.2) is 5.76 Å². The molecule has 0 aliphatic carbocycles. The maximum absolute atomic E-state index is 12.4. The quantitative estimate of drug-likeness (QED) is 0.515. The number of aromatic nitrogens is 2. The minimum Gasteiger partial charge on any atom is -0.450 e. The van der Waals surface area contributed by atoms with Crippen molar-refractivity contribution in [3.63, 3.8) is 0 Å². The Bertz CT molecular complexity index is 1080. The van der Waals surface area contributed by atoms with Crippen LogP contribution in [-0.4, -0.2) is 15.5 Å². The number of para-hydroxylation sites is 1. The van der Waals surface area contributed by atoms with Gasteiger partial charge in [0, 0.05) is 30.0 Å². The van der Waals surface area contributed by atoms with Crippen LogP contribution in [0.25, 0.3) is 11.0 Å². The number of rotatable bonds is 4. The minimum absolute atomic E-state index is 0.272. The van der Waals surface area contributed by atoms with E-state index >= 15 is 0 Å². The average molecular weight is 410 g/mol. The van der Waals surface area contributed by atoms with Gasteiger partial charge in [-0.05, 0) is 52.7 Å². The van der Waals surface area contributed by atoms with Crippen molar-refractivity contribution in [3.05, 3.63) is 82.5 Å². The lowest BCUT2D eigenvalue weighted by Crippen LogP contribution is -2.10. The van der Waals surface area contributed by atoms with Crippen molar-refractivity contribution in [2.75, 3.05) is 5.32 Å². The predicted octanol–water partition coefficient (Wildman–Crippen LogP) is 5.00. The highest BCUT2D eigenvalue weighted by Crippen LogP contribution is 2.27. The number of nitrogens with zero attached hydrogens (tertiary/aromatic N) is 2. The molecule has 1 N–H and O–H groups in total. The molecule has 0 saturated carbocycles. The number of halogens is 1. The van der Waals surface area contributed by atoms with E-state index in [0.717, 1.165) is 33.5 Å². The monoisotopic (exact) mass is 409 g/mol. The Labute approximate surface area is 158 Å². The van der Waals surface area contributed by atoms with E-state index in [1.165, 1.54) is 0 Å². The van der Waals surface area contributed by atoms with Crippen LogP contribution in [0.3, 0.4) is 0 Å². The molecule has 2 aromatic carbocycles. The number of carbonyl (C=O) groups is 1. The average Bonchev–Trinajstić information content (AvgIpc) is 3.24. The third kappa shape index (κ3) is 3.28. The summed E-state index contributed by atoms with van der Waals surface area (Å²) in [7, 11) is 0. The van der Waals surface area contributed by atoms with Crippen LogP contribution in [0, 0.1) is 6.92 Å². The second-order valence-electron chi connectivity index (χ2n) is 6.02. The van der Waals surface area contributed by atoms with Crippen molar-refractivity contribution in [2.24, 2.45) is 0 Å². The number of nitrogens with one attached hydrogen (secondary N) is 1. The van der Waals surface area contributed by atoms with E-state index < -0.39 is 0 Å². The maximum atomic E-state index is 12.4. The van der Waals surface area contributed by atoms with Crippen LogP contribution < -0.4 is 5.32 Å². The minimum atomic E-state index is -0.272. The van der Waals surface area contributed by atoms with Crippen LogP contribution in [0.15, 0.2) is 69.8 Å². The fourth-order valence-electron chi connectivity index (χ4n) is 2.79. The number of fused-ring (bicyclic) bond motifs is 1. The van der Waals surface area contributed by atoms with Crippen molar-refractivity contribution in [1.29, 1.82) is 0 Å². The Kier molecular flexibility index (Phi) is 4.34. The summed E-state index contributed by atoms with van der Waals surface area (Å²) in [5.41, 5.74) is 2.53. The molecule has 130 valence electrons. The van der Waals surface area contributed by atoms with Gasteiger partial charge in [-0.15, -0.1) is 0 Å². The van der Waals surface area contributed by atoms with Gasteiger partial charge in [0.2, 0.25) is 0 Å². The predicted molar refractivity (Wildman–Crippen MR) is 104 cm³/mol. The smallest absolute Gasteiger partial charge is 0.291 e. The third-order valence-electron chi connectivity index (χ3n) is 4.21. The van der Waals surface area contributed by atoms with Gasteiger partial charge < -0.3 is 14.3 Å². The van der Waals surface area contributed by atoms with E-state index in [2.05, 4.69) is 30.8 Å². The van der Waals surface area contributed by atoms with E-state index in [9.17, 15) is 4.79 Å². The first-order valence-corrected chi connectivity index (χ1v) is 8.95. The largest absolute Gasteiger partial charge is 0.450 e. The highest BCUT2D eigenvalue weighted by atomic mass is 79.9. The van der Waals surface area contributed by atoms with Gasteiger partial charge in [0.25, 0.3) is 5.91 Å². The molecule has 0 aliphatic heterocycles. The van der Waals surface area contributed by atoms with Crippen LogP contribution in [0.1, 0.15) is 21.9 Å². The summed E-state index contributed by atoms with van der Waals surface area (Å²) < 4.78 is 8.57. The molecule has 2 aromatic heterocycles. The topological polar surface area (TPSA) is 60.1 Å². The van der Waals surface area contributed by atoms with E-state index in [4.69, 9.17) is 4.42 Å². The van der Waals surface area contributed by atoms with Crippen LogP contribution in [0.2, 0.25) is 0 Å². The number of hydrogen-bond donors (Lipinski definition) is 1. The van der Waals surface area contributed by atoms with Crippen LogP contribution in [0.4, 0.5) is 5.69 Å². The summed E-state index contributed by atoms with van der Waals surface area (Å²) in [6, 6.07) is 15.2. The van der Waals surface area contributed by atoms with Gasteiger partial charge in [-0.3, -0.25) is 4.79 Å². The number of aryl methyl sites for hydroxylation is 1. The number of furan rings is 1. The van der Waals surface area contributed by atoms with Gasteiger partial charge in [0.1, 0.15) is 11.4 Å². The molecule has 0 atom stereocenters. The molecule has 2 heterocycles. The molecule has 0 spiro atoms. The first kappa shape index (κ1) is 16.6. The fourth-order valence-corrected chi connectivity index (χ4v) is 3.26. The Hall–Kier alpha value is -2.86. The lowest BCUT2D eigenvalue weighted by Gasteiger charge is -2.07. The Morgan fingerprint density at radius 1 is 1.23 bits per heavy atom. The summed E-state index contributed by atoms with van der Waals surface area (Å²) in [4.78, 5) is 16.7. The number of hydrogen-bond acceptors (Lipinski definition) is 3. The standard InChI is InChI=1S/C20H16BrN3O2/c1-13-22-9-10-24(13)12-14-5-7-16(8-6-14)23-20(25)18-11-15-3-2-4-17(21)19(15)26-18/h2-11H,12H2,1H3,(H,23,25). The Morgan fingerprint density at radius 3 is 2.73 bits per heavy atom. The van der Waals surface area contributed by atoms with E-state index in [-0.39, 0.29) is 11.7 Å². The normalized spacial score (nSPS) is 11.0. The Balaban J connectivity index is 1.48. The molecule has 0 radical (unpaired) electrons. The number of benzene rings is 2. The molecule has 4 rings (SSSR count). The molecular weight excluding hydrogens is 394 g/mol. The van der Waals surface area contributed by atoms with Crippen molar-refractivity contribution in [2.45, 2.75) is 13.5 Å². The molecule has 4 aromatic rings. The summed E-state index contributed by atoms with van der Waals surface area (Å²) in [6.45, 7) is 2.72. The van der Waals surface area contributed by atoms with Crippen molar-refractivity contribution >= 4 is 38.5 Å².